The van der Waals surface area contributed by atoms with E-state index < -0.39 is 0 Å². The normalized spacial score (nSPS) is 14.3. The second-order valence-electron chi connectivity index (χ2n) is 12.7. The molecule has 2 heterocycles. The van der Waals surface area contributed by atoms with Crippen LogP contribution in [0.2, 0.25) is 0 Å². The van der Waals surface area contributed by atoms with Crippen molar-refractivity contribution in [2.24, 2.45) is 7.05 Å². The summed E-state index contributed by atoms with van der Waals surface area (Å²) in [6, 6.07) is 19.2. The molecule has 1 aliphatic rings. The molecule has 0 saturated carbocycles. The average Bonchev–Trinajstić information content (AvgIpc) is 3.20. The van der Waals surface area contributed by atoms with E-state index in [0.717, 1.165) is 49.4 Å². The van der Waals surface area contributed by atoms with Crippen molar-refractivity contribution in [2.45, 2.75) is 39.5 Å². The number of benzene rings is 3. The summed E-state index contributed by atoms with van der Waals surface area (Å²) >= 11 is 0. The summed E-state index contributed by atoms with van der Waals surface area (Å²) in [5.41, 5.74) is 13.3. The number of nitrogens with two attached hydrogens (primary N) is 1. The first-order chi connectivity index (χ1) is 20.9. The van der Waals surface area contributed by atoms with Crippen LogP contribution in [0.5, 0.6) is 0 Å². The lowest BCUT2D eigenvalue weighted by Crippen LogP contribution is -2.29. The summed E-state index contributed by atoms with van der Waals surface area (Å²) in [5.74, 6) is 0.0102. The molecule has 1 saturated heterocycles. The van der Waals surface area contributed by atoms with Gasteiger partial charge >= 0.3 is 0 Å². The summed E-state index contributed by atoms with van der Waals surface area (Å²) in [6.07, 6.45) is 2.79. The molecule has 230 valence electrons. The van der Waals surface area contributed by atoms with Crippen molar-refractivity contribution >= 4 is 34.5 Å². The van der Waals surface area contributed by atoms with Gasteiger partial charge in [-0.3, -0.25) is 9.59 Å². The molecule has 0 atom stereocenters. The molecule has 5 rings (SSSR count). The van der Waals surface area contributed by atoms with E-state index in [0.29, 0.717) is 28.3 Å². The lowest BCUT2D eigenvalue weighted by molar-refractivity contribution is 0.102. The minimum atomic E-state index is -0.257. The first-order valence-corrected chi connectivity index (χ1v) is 15.1. The molecule has 1 amide bonds. The number of carbonyl (C=O) groups excluding carboxylic acids is 1. The fourth-order valence-electron chi connectivity index (χ4n) is 5.53. The van der Waals surface area contributed by atoms with Crippen molar-refractivity contribution in [3.8, 4) is 11.3 Å². The molecule has 44 heavy (non-hydrogen) atoms. The van der Waals surface area contributed by atoms with Crippen LogP contribution in [0.3, 0.4) is 0 Å². The molecule has 9 heteroatoms. The highest BCUT2D eigenvalue weighted by atomic mass is 16.1. The Labute approximate surface area is 259 Å². The molecule has 1 fully saturated rings. The van der Waals surface area contributed by atoms with Gasteiger partial charge in [0.05, 0.1) is 17.1 Å². The standard InChI is InChI=1S/C35H43N7O2/c1-23-27(9-7-10-29(23)39-33(43)24-11-13-25(14-12-24)35(2,3)4)30-22-41(6)34(44)32(38-30)37-26-15-16-31(28(36)21-26)42-18-8-17-40(5)19-20-42/h7,9-16,21-22H,8,17-20,36H2,1-6H3,(H,37,38)(H,39,43). The highest BCUT2D eigenvalue weighted by Gasteiger charge is 2.18. The van der Waals surface area contributed by atoms with Gasteiger partial charge in [0.15, 0.2) is 5.82 Å². The van der Waals surface area contributed by atoms with Crippen LogP contribution in [0.4, 0.5) is 28.6 Å². The van der Waals surface area contributed by atoms with Gasteiger partial charge in [-0.25, -0.2) is 4.98 Å². The Hall–Kier alpha value is -4.63. The van der Waals surface area contributed by atoms with Crippen molar-refractivity contribution < 1.29 is 4.79 Å². The Morgan fingerprint density at radius 3 is 2.41 bits per heavy atom. The summed E-state index contributed by atoms with van der Waals surface area (Å²) in [4.78, 5) is 35.6. The highest BCUT2D eigenvalue weighted by molar-refractivity contribution is 6.05. The zero-order chi connectivity index (χ0) is 31.6. The third kappa shape index (κ3) is 6.78. The van der Waals surface area contributed by atoms with Crippen LogP contribution >= 0.6 is 0 Å². The van der Waals surface area contributed by atoms with Gasteiger partial charge < -0.3 is 30.7 Å². The van der Waals surface area contributed by atoms with Crippen LogP contribution in [0.15, 0.2) is 71.7 Å². The fourth-order valence-corrected chi connectivity index (χ4v) is 5.53. The molecule has 0 spiro atoms. The fraction of sp³-hybridized carbons (Fsp3) is 0.343. The van der Waals surface area contributed by atoms with Gasteiger partial charge in [0, 0.05) is 55.4 Å². The number of hydrogen-bond acceptors (Lipinski definition) is 7. The largest absolute Gasteiger partial charge is 0.397 e. The zero-order valence-electron chi connectivity index (χ0n) is 26.6. The summed E-state index contributed by atoms with van der Waals surface area (Å²) in [7, 11) is 3.84. The van der Waals surface area contributed by atoms with E-state index >= 15 is 0 Å². The SMILES string of the molecule is Cc1c(NC(=O)c2ccc(C(C)(C)C)cc2)cccc1-c1cn(C)c(=O)c(Nc2ccc(N3CCCN(C)CC3)c(N)c2)n1. The molecule has 1 aliphatic heterocycles. The Bertz CT molecular complexity index is 1720. The number of nitrogens with one attached hydrogen (secondary N) is 2. The van der Waals surface area contributed by atoms with Crippen LogP contribution < -0.4 is 26.8 Å². The monoisotopic (exact) mass is 593 g/mol. The third-order valence-electron chi connectivity index (χ3n) is 8.29. The first-order valence-electron chi connectivity index (χ1n) is 15.1. The zero-order valence-corrected chi connectivity index (χ0v) is 26.6. The molecule has 9 nitrogen and oxygen atoms in total. The van der Waals surface area contributed by atoms with Gasteiger partial charge in [0.25, 0.3) is 11.5 Å². The van der Waals surface area contributed by atoms with Crippen LogP contribution in [0.25, 0.3) is 11.3 Å². The molecular weight excluding hydrogens is 550 g/mol. The lowest BCUT2D eigenvalue weighted by Gasteiger charge is -2.24. The number of aromatic nitrogens is 2. The average molecular weight is 594 g/mol. The van der Waals surface area contributed by atoms with Crippen molar-refractivity contribution in [3.05, 3.63) is 93.9 Å². The number of anilines is 5. The maximum absolute atomic E-state index is 13.1. The van der Waals surface area contributed by atoms with Crippen LogP contribution in [-0.4, -0.2) is 53.6 Å². The van der Waals surface area contributed by atoms with E-state index in [1.54, 1.807) is 13.2 Å². The molecule has 4 aromatic rings. The van der Waals surface area contributed by atoms with Gasteiger partial charge in [-0.1, -0.05) is 45.0 Å². The van der Waals surface area contributed by atoms with Gasteiger partial charge in [-0.2, -0.15) is 0 Å². The van der Waals surface area contributed by atoms with E-state index in [1.807, 2.05) is 67.6 Å². The minimum absolute atomic E-state index is 0.0105. The van der Waals surface area contributed by atoms with E-state index in [-0.39, 0.29) is 22.7 Å². The number of hydrogen-bond donors (Lipinski definition) is 3. The maximum atomic E-state index is 13.1. The van der Waals surface area contributed by atoms with Gasteiger partial charge in [-0.05, 0) is 79.9 Å². The number of rotatable bonds is 6. The number of likely N-dealkylation sites (N-methyl/N-ethyl adjacent to an activating group) is 1. The Kier molecular flexibility index (Phi) is 8.78. The van der Waals surface area contributed by atoms with Crippen molar-refractivity contribution in [1.82, 2.24) is 14.5 Å². The number of amides is 1. The predicted octanol–water partition coefficient (Wildman–Crippen LogP) is 5.77. The van der Waals surface area contributed by atoms with Crippen molar-refractivity contribution in [1.29, 1.82) is 0 Å². The molecule has 4 N–H and O–H groups in total. The second kappa shape index (κ2) is 12.5. The smallest absolute Gasteiger partial charge is 0.293 e. The Morgan fingerprint density at radius 1 is 0.955 bits per heavy atom. The molecule has 0 aliphatic carbocycles. The Balaban J connectivity index is 1.38. The first kappa shape index (κ1) is 30.8. The maximum Gasteiger partial charge on any atom is 0.293 e. The molecule has 0 unspecified atom stereocenters. The number of carbonyl (C=O) groups is 1. The summed E-state index contributed by atoms with van der Waals surface area (Å²) in [6.45, 7) is 12.3. The number of aryl methyl sites for hydroxylation is 1. The minimum Gasteiger partial charge on any atom is -0.397 e. The molecule has 1 aromatic heterocycles. The van der Waals surface area contributed by atoms with Crippen LogP contribution in [-0.2, 0) is 12.5 Å². The molecular formula is C35H43N7O2. The van der Waals surface area contributed by atoms with Crippen molar-refractivity contribution in [3.63, 3.8) is 0 Å². The third-order valence-corrected chi connectivity index (χ3v) is 8.29. The quantitative estimate of drug-likeness (QED) is 0.244. The highest BCUT2D eigenvalue weighted by Crippen LogP contribution is 2.31. The molecule has 0 bridgehead atoms. The Morgan fingerprint density at radius 2 is 1.70 bits per heavy atom. The molecule has 3 aromatic carbocycles. The summed E-state index contributed by atoms with van der Waals surface area (Å²) < 4.78 is 1.51. The second-order valence-corrected chi connectivity index (χ2v) is 12.7. The lowest BCUT2D eigenvalue weighted by atomic mass is 9.86. The number of nitrogens with zero attached hydrogens (tertiary/aromatic N) is 4. The number of nitrogen functional groups attached to an aromatic ring is 1. The predicted molar refractivity (Wildman–Crippen MR) is 181 cm³/mol. The van der Waals surface area contributed by atoms with Gasteiger partial charge in [0.2, 0.25) is 0 Å². The molecule has 0 radical (unpaired) electrons. The van der Waals surface area contributed by atoms with E-state index in [1.165, 1.54) is 10.1 Å². The van der Waals surface area contributed by atoms with E-state index in [4.69, 9.17) is 10.7 Å². The van der Waals surface area contributed by atoms with Crippen LogP contribution in [0, 0.1) is 6.92 Å². The topological polar surface area (TPSA) is 109 Å². The van der Waals surface area contributed by atoms with E-state index in [9.17, 15) is 9.59 Å². The van der Waals surface area contributed by atoms with Gasteiger partial charge in [0.1, 0.15) is 0 Å². The van der Waals surface area contributed by atoms with E-state index in [2.05, 4.69) is 48.3 Å². The van der Waals surface area contributed by atoms with Crippen LogP contribution in [0.1, 0.15) is 48.7 Å². The summed E-state index contributed by atoms with van der Waals surface area (Å²) in [5, 5.41) is 6.24. The van der Waals surface area contributed by atoms with Gasteiger partial charge in [-0.15, -0.1) is 0 Å². The van der Waals surface area contributed by atoms with Crippen molar-refractivity contribution in [2.75, 3.05) is 54.5 Å².